The number of nitrogens with one attached hydrogen (secondary N) is 1. The predicted octanol–water partition coefficient (Wildman–Crippen LogP) is 3.41. The van der Waals surface area contributed by atoms with E-state index in [9.17, 15) is 4.79 Å². The molecule has 0 fully saturated rings. The standard InChI is InChI=1S/C22H26N4O2S/c1-22(2)11-14-15(12-28-22)20(25-9-8-13-6-4-3-5-7-13)26-21-18(14)19(24)16(29-21)10-17(23)27/h3-7H,8-12,24H2,1-2H3,(H2,23,27)(H,25,26). The van der Waals surface area contributed by atoms with E-state index in [0.717, 1.165) is 51.4 Å². The number of fused-ring (bicyclic) bond motifs is 3. The van der Waals surface area contributed by atoms with Crippen LogP contribution in [0.2, 0.25) is 0 Å². The fraction of sp³-hybridized carbons (Fsp3) is 0.364. The van der Waals surface area contributed by atoms with Crippen LogP contribution in [0.3, 0.4) is 0 Å². The lowest BCUT2D eigenvalue weighted by Gasteiger charge is -2.33. The smallest absolute Gasteiger partial charge is 0.222 e. The zero-order valence-electron chi connectivity index (χ0n) is 16.7. The molecule has 152 valence electrons. The molecule has 5 N–H and O–H groups in total. The first kappa shape index (κ1) is 19.7. The van der Waals surface area contributed by atoms with E-state index in [1.807, 2.05) is 18.2 Å². The molecular formula is C22H26N4O2S. The average molecular weight is 411 g/mol. The summed E-state index contributed by atoms with van der Waals surface area (Å²) in [6, 6.07) is 10.4. The lowest BCUT2D eigenvalue weighted by molar-refractivity contribution is -0.117. The van der Waals surface area contributed by atoms with Crippen molar-refractivity contribution in [3.8, 4) is 0 Å². The normalized spacial score (nSPS) is 15.2. The molecule has 0 spiro atoms. The Morgan fingerprint density at radius 2 is 2.03 bits per heavy atom. The molecule has 4 rings (SSSR count). The van der Waals surface area contributed by atoms with Gasteiger partial charge in [0.1, 0.15) is 10.6 Å². The summed E-state index contributed by atoms with van der Waals surface area (Å²) in [6.07, 6.45) is 1.78. The molecule has 7 heteroatoms. The van der Waals surface area contributed by atoms with Crippen molar-refractivity contribution in [2.75, 3.05) is 17.6 Å². The Morgan fingerprint density at radius 1 is 1.28 bits per heavy atom. The second-order valence-corrected chi connectivity index (χ2v) is 9.15. The Balaban J connectivity index is 1.71. The van der Waals surface area contributed by atoms with Crippen LogP contribution in [-0.2, 0) is 35.4 Å². The van der Waals surface area contributed by atoms with Gasteiger partial charge in [0.15, 0.2) is 0 Å². The molecule has 1 aliphatic rings. The van der Waals surface area contributed by atoms with Crippen molar-refractivity contribution in [3.63, 3.8) is 0 Å². The third kappa shape index (κ3) is 4.06. The summed E-state index contributed by atoms with van der Waals surface area (Å²) in [4.78, 5) is 17.9. The molecule has 1 aliphatic heterocycles. The lowest BCUT2D eigenvalue weighted by Crippen LogP contribution is -2.32. The molecule has 29 heavy (non-hydrogen) atoms. The van der Waals surface area contributed by atoms with E-state index in [-0.39, 0.29) is 17.9 Å². The van der Waals surface area contributed by atoms with Crippen LogP contribution in [0.4, 0.5) is 11.5 Å². The number of carbonyl (C=O) groups is 1. The topological polar surface area (TPSA) is 103 Å². The Morgan fingerprint density at radius 3 is 2.76 bits per heavy atom. The first-order valence-electron chi connectivity index (χ1n) is 9.77. The first-order chi connectivity index (χ1) is 13.8. The van der Waals surface area contributed by atoms with Gasteiger partial charge in [-0.2, -0.15) is 0 Å². The highest BCUT2D eigenvalue weighted by atomic mass is 32.1. The molecule has 0 aliphatic carbocycles. The minimum absolute atomic E-state index is 0.137. The second-order valence-electron chi connectivity index (χ2n) is 8.07. The third-order valence-corrected chi connectivity index (χ3v) is 6.36. The molecule has 2 aromatic heterocycles. The minimum Gasteiger partial charge on any atom is -0.397 e. The Labute approximate surface area is 174 Å². The maximum absolute atomic E-state index is 11.5. The van der Waals surface area contributed by atoms with Crippen molar-refractivity contribution in [1.29, 1.82) is 0 Å². The Kier molecular flexibility index (Phi) is 5.19. The van der Waals surface area contributed by atoms with E-state index in [0.29, 0.717) is 12.3 Å². The number of nitrogen functional groups attached to an aromatic ring is 1. The molecule has 0 bridgehead atoms. The molecule has 0 saturated carbocycles. The SMILES string of the molecule is CC1(C)Cc2c(c(NCCc3ccccc3)nc3sc(CC(N)=O)c(N)c23)CO1. The summed E-state index contributed by atoms with van der Waals surface area (Å²) in [5.74, 6) is 0.452. The van der Waals surface area contributed by atoms with Crippen molar-refractivity contribution in [2.24, 2.45) is 5.73 Å². The largest absolute Gasteiger partial charge is 0.397 e. The molecule has 1 aromatic carbocycles. The van der Waals surface area contributed by atoms with Crippen LogP contribution >= 0.6 is 11.3 Å². The van der Waals surface area contributed by atoms with Crippen LogP contribution in [0.1, 0.15) is 35.4 Å². The van der Waals surface area contributed by atoms with Crippen LogP contribution < -0.4 is 16.8 Å². The molecule has 0 atom stereocenters. The molecule has 6 nitrogen and oxygen atoms in total. The highest BCUT2D eigenvalue weighted by Gasteiger charge is 2.31. The van der Waals surface area contributed by atoms with Crippen molar-refractivity contribution < 1.29 is 9.53 Å². The monoisotopic (exact) mass is 410 g/mol. The number of aromatic nitrogens is 1. The summed E-state index contributed by atoms with van der Waals surface area (Å²) in [5.41, 5.74) is 15.7. The molecule has 3 heterocycles. The van der Waals surface area contributed by atoms with Gasteiger partial charge in [-0.15, -0.1) is 11.3 Å². The van der Waals surface area contributed by atoms with Gasteiger partial charge in [0.2, 0.25) is 5.91 Å². The Bertz CT molecular complexity index is 1060. The number of pyridine rings is 1. The van der Waals surface area contributed by atoms with Crippen molar-refractivity contribution in [3.05, 3.63) is 51.9 Å². The van der Waals surface area contributed by atoms with Gasteiger partial charge in [-0.3, -0.25) is 4.79 Å². The van der Waals surface area contributed by atoms with E-state index < -0.39 is 0 Å². The minimum atomic E-state index is -0.387. The van der Waals surface area contributed by atoms with E-state index in [4.69, 9.17) is 21.2 Å². The number of hydrogen-bond donors (Lipinski definition) is 3. The quantitative estimate of drug-likeness (QED) is 0.578. The molecule has 0 saturated heterocycles. The summed E-state index contributed by atoms with van der Waals surface area (Å²) < 4.78 is 6.07. The van der Waals surface area contributed by atoms with Gasteiger partial charge in [0.05, 0.1) is 24.3 Å². The number of ether oxygens (including phenoxy) is 1. The molecular weight excluding hydrogens is 384 g/mol. The van der Waals surface area contributed by atoms with Crippen LogP contribution in [0.25, 0.3) is 10.2 Å². The number of thiophene rings is 1. The van der Waals surface area contributed by atoms with E-state index in [1.54, 1.807) is 0 Å². The number of carbonyl (C=O) groups excluding carboxylic acids is 1. The van der Waals surface area contributed by atoms with Crippen molar-refractivity contribution in [2.45, 2.75) is 45.3 Å². The van der Waals surface area contributed by atoms with Gasteiger partial charge in [0.25, 0.3) is 0 Å². The molecule has 0 unspecified atom stereocenters. The fourth-order valence-electron chi connectivity index (χ4n) is 3.81. The number of rotatable bonds is 6. The summed E-state index contributed by atoms with van der Waals surface area (Å²) in [6.45, 7) is 5.42. The van der Waals surface area contributed by atoms with Crippen molar-refractivity contribution >= 4 is 39.0 Å². The predicted molar refractivity (Wildman–Crippen MR) is 118 cm³/mol. The first-order valence-corrected chi connectivity index (χ1v) is 10.6. The Hall–Kier alpha value is -2.64. The average Bonchev–Trinajstić information content (AvgIpc) is 2.96. The molecule has 1 amide bonds. The van der Waals surface area contributed by atoms with Crippen LogP contribution in [0, 0.1) is 0 Å². The van der Waals surface area contributed by atoms with Crippen LogP contribution in [0.5, 0.6) is 0 Å². The number of anilines is 2. The molecule has 3 aromatic rings. The molecule has 0 radical (unpaired) electrons. The summed E-state index contributed by atoms with van der Waals surface area (Å²) >= 11 is 1.45. The zero-order chi connectivity index (χ0) is 20.6. The number of nitrogens with zero attached hydrogens (tertiary/aromatic N) is 1. The van der Waals surface area contributed by atoms with Crippen LogP contribution in [0.15, 0.2) is 30.3 Å². The maximum Gasteiger partial charge on any atom is 0.222 e. The van der Waals surface area contributed by atoms with Gasteiger partial charge >= 0.3 is 0 Å². The number of benzene rings is 1. The number of nitrogens with two attached hydrogens (primary N) is 2. The van der Waals surface area contributed by atoms with Gasteiger partial charge in [-0.05, 0) is 31.4 Å². The highest BCUT2D eigenvalue weighted by Crippen LogP contribution is 2.42. The second kappa shape index (κ2) is 7.65. The summed E-state index contributed by atoms with van der Waals surface area (Å²) in [5, 5.41) is 4.44. The van der Waals surface area contributed by atoms with E-state index in [2.05, 4.69) is 31.3 Å². The fourth-order valence-corrected chi connectivity index (χ4v) is 4.94. The van der Waals surface area contributed by atoms with Gasteiger partial charge < -0.3 is 21.5 Å². The zero-order valence-corrected chi connectivity index (χ0v) is 17.6. The van der Waals surface area contributed by atoms with E-state index in [1.165, 1.54) is 16.9 Å². The van der Waals surface area contributed by atoms with Gasteiger partial charge in [-0.1, -0.05) is 30.3 Å². The highest BCUT2D eigenvalue weighted by molar-refractivity contribution is 7.19. The van der Waals surface area contributed by atoms with Crippen LogP contribution in [-0.4, -0.2) is 23.0 Å². The maximum atomic E-state index is 11.5. The van der Waals surface area contributed by atoms with Crippen molar-refractivity contribution in [1.82, 2.24) is 4.98 Å². The third-order valence-electron chi connectivity index (χ3n) is 5.26. The number of hydrogen-bond acceptors (Lipinski definition) is 6. The summed E-state index contributed by atoms with van der Waals surface area (Å²) in [7, 11) is 0. The van der Waals surface area contributed by atoms with Gasteiger partial charge in [-0.25, -0.2) is 4.98 Å². The van der Waals surface area contributed by atoms with Gasteiger partial charge in [0, 0.05) is 28.8 Å². The lowest BCUT2D eigenvalue weighted by atomic mass is 9.90. The number of amides is 1. The number of primary amides is 1. The van der Waals surface area contributed by atoms with E-state index >= 15 is 0 Å².